The topological polar surface area (TPSA) is 13.2 Å². The van der Waals surface area contributed by atoms with E-state index in [0.29, 0.717) is 0 Å². The SMILES string of the molecule is c1ccc2c(c1)c1cccc3c1n2c1cc2c4cccc5c6ccccc6n(c54)c2c2c4ccccc4n3c21. The lowest BCUT2D eigenvalue weighted by Crippen LogP contribution is -1.97. The van der Waals surface area contributed by atoms with Crippen LogP contribution in [-0.4, -0.2) is 13.2 Å². The van der Waals surface area contributed by atoms with Crippen molar-refractivity contribution in [1.82, 2.24) is 13.2 Å². The maximum absolute atomic E-state index is 2.54. The van der Waals surface area contributed by atoms with Gasteiger partial charge in [0.15, 0.2) is 0 Å². The zero-order valence-corrected chi connectivity index (χ0v) is 20.8. The van der Waals surface area contributed by atoms with Gasteiger partial charge in [-0.05, 0) is 30.3 Å². The van der Waals surface area contributed by atoms with E-state index in [1.807, 2.05) is 0 Å². The Morgan fingerprint density at radius 3 is 1.51 bits per heavy atom. The van der Waals surface area contributed by atoms with Crippen molar-refractivity contribution in [2.45, 2.75) is 0 Å². The molecule has 0 saturated heterocycles. The highest BCUT2D eigenvalue weighted by Crippen LogP contribution is 2.47. The lowest BCUT2D eigenvalue weighted by molar-refractivity contribution is 1.26. The van der Waals surface area contributed by atoms with Gasteiger partial charge in [0, 0.05) is 43.1 Å². The molecule has 0 fully saturated rings. The van der Waals surface area contributed by atoms with Crippen LogP contribution in [0.4, 0.5) is 0 Å². The van der Waals surface area contributed by atoms with Gasteiger partial charge in [-0.1, -0.05) is 84.9 Å². The van der Waals surface area contributed by atoms with Crippen molar-refractivity contribution in [3.05, 3.63) is 115 Å². The Morgan fingerprint density at radius 1 is 0.282 bits per heavy atom. The zero-order valence-electron chi connectivity index (χ0n) is 20.8. The largest absolute Gasteiger partial charge is 0.307 e. The summed E-state index contributed by atoms with van der Waals surface area (Å²) in [5.41, 5.74) is 11.5. The van der Waals surface area contributed by atoms with Gasteiger partial charge in [-0.3, -0.25) is 0 Å². The molecule has 5 heterocycles. The summed E-state index contributed by atoms with van der Waals surface area (Å²) in [5, 5.41) is 10.5. The van der Waals surface area contributed by atoms with E-state index >= 15 is 0 Å². The van der Waals surface area contributed by atoms with Gasteiger partial charge in [-0.25, -0.2) is 0 Å². The number of aromatic nitrogens is 3. The van der Waals surface area contributed by atoms with Crippen molar-refractivity contribution in [2.24, 2.45) is 0 Å². The molecule has 0 atom stereocenters. The summed E-state index contributed by atoms with van der Waals surface area (Å²) in [6.07, 6.45) is 0. The molecule has 0 aliphatic carbocycles. The summed E-state index contributed by atoms with van der Waals surface area (Å²) in [7, 11) is 0. The molecule has 0 bridgehead atoms. The Hall–Kier alpha value is -5.28. The van der Waals surface area contributed by atoms with Crippen LogP contribution in [0.5, 0.6) is 0 Å². The van der Waals surface area contributed by atoms with Crippen LogP contribution in [0.25, 0.3) is 92.7 Å². The Labute approximate surface area is 221 Å². The van der Waals surface area contributed by atoms with Crippen LogP contribution in [-0.2, 0) is 0 Å². The first-order chi connectivity index (χ1) is 19.4. The van der Waals surface area contributed by atoms with Crippen LogP contribution >= 0.6 is 0 Å². The fourth-order valence-corrected chi connectivity index (χ4v) is 7.89. The van der Waals surface area contributed by atoms with Crippen molar-refractivity contribution in [2.75, 3.05) is 0 Å². The second-order valence-electron chi connectivity index (χ2n) is 10.9. The van der Waals surface area contributed by atoms with Gasteiger partial charge in [-0.15, -0.1) is 0 Å². The van der Waals surface area contributed by atoms with E-state index in [0.717, 1.165) is 0 Å². The van der Waals surface area contributed by atoms with E-state index in [1.165, 1.54) is 92.7 Å². The third-order valence-corrected chi connectivity index (χ3v) is 9.25. The molecule has 0 N–H and O–H groups in total. The van der Waals surface area contributed by atoms with E-state index in [9.17, 15) is 0 Å². The number of nitrogens with zero attached hydrogens (tertiary/aromatic N) is 3. The highest BCUT2D eigenvalue weighted by Gasteiger charge is 2.26. The zero-order chi connectivity index (χ0) is 25.0. The summed E-state index contributed by atoms with van der Waals surface area (Å²) in [4.78, 5) is 0. The maximum atomic E-state index is 2.54. The molecule has 0 spiro atoms. The first kappa shape index (κ1) is 18.9. The summed E-state index contributed by atoms with van der Waals surface area (Å²) in [6, 6.07) is 42.7. The van der Waals surface area contributed by atoms with Crippen molar-refractivity contribution in [3.8, 4) is 0 Å². The minimum atomic E-state index is 1.25. The van der Waals surface area contributed by atoms with Gasteiger partial charge < -0.3 is 13.2 Å². The van der Waals surface area contributed by atoms with E-state index in [2.05, 4.69) is 128 Å². The van der Waals surface area contributed by atoms with Gasteiger partial charge in [0.25, 0.3) is 0 Å². The molecule has 178 valence electrons. The predicted molar refractivity (Wildman–Crippen MR) is 164 cm³/mol. The van der Waals surface area contributed by atoms with Gasteiger partial charge in [0.05, 0.1) is 49.7 Å². The molecule has 0 aliphatic heterocycles. The lowest BCUT2D eigenvalue weighted by Gasteiger charge is -2.12. The molecule has 39 heavy (non-hydrogen) atoms. The second kappa shape index (κ2) is 6.06. The molecule has 3 heteroatoms. The van der Waals surface area contributed by atoms with Crippen molar-refractivity contribution in [3.63, 3.8) is 0 Å². The highest BCUT2D eigenvalue weighted by molar-refractivity contribution is 6.34. The third kappa shape index (κ3) is 1.89. The van der Waals surface area contributed by atoms with Crippen molar-refractivity contribution >= 4 is 92.7 Å². The van der Waals surface area contributed by atoms with E-state index < -0.39 is 0 Å². The normalized spacial score (nSPS) is 13.1. The number of hydrogen-bond acceptors (Lipinski definition) is 0. The molecular formula is C36H19N3. The van der Waals surface area contributed by atoms with Gasteiger partial charge in [0.1, 0.15) is 0 Å². The Kier molecular flexibility index (Phi) is 2.93. The average Bonchev–Trinajstić information content (AvgIpc) is 3.71. The van der Waals surface area contributed by atoms with Gasteiger partial charge in [-0.2, -0.15) is 0 Å². The number of fused-ring (bicyclic) bond motifs is 15. The molecule has 0 radical (unpaired) electrons. The number of benzene rings is 6. The molecule has 11 aromatic rings. The standard InChI is InChI=1S/C36H19N3/c1-4-15-27-21(10-1)23-14-8-18-30-34(23)38(27)31-19-26-24-13-7-12-22-20-9-2-5-16-28(20)39(33(22)24)35(26)32-25-11-3-6-17-29(25)37(30)36(31)32/h1-19H. The Morgan fingerprint density at radius 2 is 0.769 bits per heavy atom. The van der Waals surface area contributed by atoms with Crippen LogP contribution in [0.2, 0.25) is 0 Å². The van der Waals surface area contributed by atoms with Crippen LogP contribution < -0.4 is 0 Å². The van der Waals surface area contributed by atoms with Gasteiger partial charge >= 0.3 is 0 Å². The van der Waals surface area contributed by atoms with Crippen LogP contribution in [0.3, 0.4) is 0 Å². The maximum Gasteiger partial charge on any atom is 0.0804 e. The summed E-state index contributed by atoms with van der Waals surface area (Å²) in [5.74, 6) is 0. The molecule has 6 aromatic carbocycles. The quantitative estimate of drug-likeness (QED) is 0.187. The summed E-state index contributed by atoms with van der Waals surface area (Å²) >= 11 is 0. The molecule has 0 saturated carbocycles. The summed E-state index contributed by atoms with van der Waals surface area (Å²) < 4.78 is 7.58. The minimum Gasteiger partial charge on any atom is -0.307 e. The summed E-state index contributed by atoms with van der Waals surface area (Å²) in [6.45, 7) is 0. The predicted octanol–water partition coefficient (Wildman–Crippen LogP) is 9.39. The molecule has 0 amide bonds. The molecule has 5 aromatic heterocycles. The molecule has 11 rings (SSSR count). The van der Waals surface area contributed by atoms with Crippen LogP contribution in [0.15, 0.2) is 115 Å². The fourth-order valence-electron chi connectivity index (χ4n) is 7.89. The van der Waals surface area contributed by atoms with Crippen LogP contribution in [0, 0.1) is 0 Å². The molecule has 0 unspecified atom stereocenters. The number of hydrogen-bond donors (Lipinski definition) is 0. The second-order valence-corrected chi connectivity index (χ2v) is 10.9. The third-order valence-electron chi connectivity index (χ3n) is 9.25. The Bertz CT molecular complexity index is 2820. The first-order valence-electron chi connectivity index (χ1n) is 13.6. The number of para-hydroxylation sites is 5. The van der Waals surface area contributed by atoms with E-state index in [1.54, 1.807) is 0 Å². The monoisotopic (exact) mass is 493 g/mol. The molecule has 0 aliphatic rings. The Balaban J connectivity index is 1.61. The average molecular weight is 494 g/mol. The number of rotatable bonds is 0. The molecular weight excluding hydrogens is 474 g/mol. The van der Waals surface area contributed by atoms with Crippen molar-refractivity contribution in [1.29, 1.82) is 0 Å². The smallest absolute Gasteiger partial charge is 0.0804 e. The molecule has 3 nitrogen and oxygen atoms in total. The van der Waals surface area contributed by atoms with E-state index in [4.69, 9.17) is 0 Å². The van der Waals surface area contributed by atoms with Crippen molar-refractivity contribution < 1.29 is 0 Å². The van der Waals surface area contributed by atoms with E-state index in [-0.39, 0.29) is 0 Å². The highest BCUT2D eigenvalue weighted by atomic mass is 15.0. The van der Waals surface area contributed by atoms with Gasteiger partial charge in [0.2, 0.25) is 0 Å². The first-order valence-corrected chi connectivity index (χ1v) is 13.6. The minimum absolute atomic E-state index is 1.25. The van der Waals surface area contributed by atoms with Crippen LogP contribution in [0.1, 0.15) is 0 Å². The lowest BCUT2D eigenvalue weighted by atomic mass is 10.0. The fraction of sp³-hybridized carbons (Fsp3) is 0.